The molecular weight excluding hydrogens is 947 g/mol. The minimum absolute atomic E-state index is 0.00862. The third-order valence-electron chi connectivity index (χ3n) is 13.8. The van der Waals surface area contributed by atoms with E-state index < -0.39 is 42.0 Å². The van der Waals surface area contributed by atoms with Crippen LogP contribution in [0.2, 0.25) is 0 Å². The number of aliphatic imine (C=N–C) groups is 1. The molecule has 4 aliphatic heterocycles. The molecule has 386 valence electrons. The summed E-state index contributed by atoms with van der Waals surface area (Å²) < 4.78 is 24.5. The Morgan fingerprint density at radius 3 is 2.11 bits per heavy atom. The van der Waals surface area contributed by atoms with Crippen molar-refractivity contribution in [1.82, 2.24) is 10.6 Å². The highest BCUT2D eigenvalue weighted by atomic mass is 16.5. The Kier molecular flexibility index (Phi) is 15.1. The van der Waals surface area contributed by atoms with Crippen LogP contribution in [0.4, 0.5) is 28.4 Å². The van der Waals surface area contributed by atoms with Crippen molar-refractivity contribution in [2.24, 2.45) is 10.9 Å². The smallest absolute Gasteiger partial charge is 0.303 e. The first-order valence-electron chi connectivity index (χ1n) is 24.9. The van der Waals surface area contributed by atoms with Crippen molar-refractivity contribution >= 4 is 64.2 Å². The minimum Gasteiger partial charge on any atom is -0.493 e. The van der Waals surface area contributed by atoms with Gasteiger partial charge in [0.15, 0.2) is 29.2 Å². The Morgan fingerprint density at radius 2 is 1.42 bits per heavy atom. The number of hydrogen-bond acceptors (Lipinski definition) is 13. The van der Waals surface area contributed by atoms with Crippen molar-refractivity contribution in [1.29, 1.82) is 0 Å². The summed E-state index contributed by atoms with van der Waals surface area (Å²) in [6.45, 7) is 5.66. The molecule has 0 saturated heterocycles. The van der Waals surface area contributed by atoms with Gasteiger partial charge in [0.1, 0.15) is 25.3 Å². The molecule has 0 aromatic heterocycles. The molecule has 0 aliphatic carbocycles. The number of unbranched alkanes of at least 4 members (excludes halogenated alkanes) is 1. The van der Waals surface area contributed by atoms with Gasteiger partial charge in [-0.15, -0.1) is 0 Å². The number of aliphatic hydroxyl groups excluding tert-OH is 1. The number of nitrogens with zero attached hydrogens (tertiary/aromatic N) is 3. The maximum Gasteiger partial charge on any atom is 0.303 e. The fourth-order valence-corrected chi connectivity index (χ4v) is 10.1. The number of carboxylic acid groups (broad SMARTS) is 1. The number of methoxy groups -OCH3 is 2. The average Bonchev–Trinajstić information content (AvgIpc) is 3.88. The number of carbonyl (C=O) groups is 5. The van der Waals surface area contributed by atoms with Crippen LogP contribution in [0.5, 0.6) is 23.0 Å². The van der Waals surface area contributed by atoms with Crippen LogP contribution in [0.3, 0.4) is 0 Å². The number of benzene rings is 5. The summed E-state index contributed by atoms with van der Waals surface area (Å²) in [5, 5.41) is 32.7. The number of rotatable bonds is 19. The fourth-order valence-electron chi connectivity index (χ4n) is 10.1. The predicted molar refractivity (Wildman–Crippen MR) is 279 cm³/mol. The maximum absolute atomic E-state index is 14.1. The SMILES string of the molecule is COc1cc2c(cc1OCc1cc(COc3cc4c(cc3OC)C(O)N3c5ccccc5C[C@H]3CN4)cc(NC(=O)[C@H](C)NC(=O)[C@@H](NC(=O)CCCCC(=O)O)C(C)C)c1)N=C[C@@H]1Cc3ccccc3N1C2=O. The third-order valence-corrected chi connectivity index (χ3v) is 13.8. The summed E-state index contributed by atoms with van der Waals surface area (Å²) in [5.74, 6) is -1.46. The van der Waals surface area contributed by atoms with Gasteiger partial charge in [-0.3, -0.25) is 33.9 Å². The lowest BCUT2D eigenvalue weighted by molar-refractivity contribution is -0.137. The van der Waals surface area contributed by atoms with Gasteiger partial charge >= 0.3 is 5.97 Å². The molecule has 0 bridgehead atoms. The highest BCUT2D eigenvalue weighted by molar-refractivity contribution is 6.14. The van der Waals surface area contributed by atoms with Gasteiger partial charge in [-0.1, -0.05) is 50.2 Å². The van der Waals surface area contributed by atoms with E-state index in [4.69, 9.17) is 29.0 Å². The van der Waals surface area contributed by atoms with Crippen LogP contribution in [0.25, 0.3) is 0 Å². The second-order valence-corrected chi connectivity index (χ2v) is 19.3. The second-order valence-electron chi connectivity index (χ2n) is 19.3. The number of aliphatic carboxylic acids is 1. The molecule has 0 spiro atoms. The fraction of sp³-hybridized carbons (Fsp3) is 0.357. The summed E-state index contributed by atoms with van der Waals surface area (Å²) >= 11 is 0. The van der Waals surface area contributed by atoms with Gasteiger partial charge in [0.05, 0.1) is 37.6 Å². The van der Waals surface area contributed by atoms with Gasteiger partial charge in [0.2, 0.25) is 17.7 Å². The molecule has 18 nitrogen and oxygen atoms in total. The van der Waals surface area contributed by atoms with Gasteiger partial charge in [-0.05, 0) is 96.8 Å². The number of para-hydroxylation sites is 2. The molecule has 4 aliphatic rings. The molecule has 4 amide bonds. The number of hydrogen-bond donors (Lipinski definition) is 6. The van der Waals surface area contributed by atoms with Crippen LogP contribution >= 0.6 is 0 Å². The van der Waals surface area contributed by atoms with Gasteiger partial charge in [-0.25, -0.2) is 0 Å². The van der Waals surface area contributed by atoms with E-state index in [2.05, 4.69) is 27.3 Å². The maximum atomic E-state index is 14.1. The molecule has 6 N–H and O–H groups in total. The molecule has 0 fully saturated rings. The Bertz CT molecular complexity index is 3010. The molecule has 5 atom stereocenters. The number of amides is 4. The molecule has 9 rings (SSSR count). The predicted octanol–water partition coefficient (Wildman–Crippen LogP) is 7.23. The molecule has 5 aromatic rings. The molecule has 74 heavy (non-hydrogen) atoms. The van der Waals surface area contributed by atoms with Crippen LogP contribution in [0.15, 0.2) is 96.0 Å². The number of aliphatic hydroxyl groups is 1. The van der Waals surface area contributed by atoms with Gasteiger partial charge in [-0.2, -0.15) is 0 Å². The molecule has 0 radical (unpaired) electrons. The molecule has 0 saturated carbocycles. The Balaban J connectivity index is 0.948. The summed E-state index contributed by atoms with van der Waals surface area (Å²) in [4.78, 5) is 73.7. The lowest BCUT2D eigenvalue weighted by Crippen LogP contribution is -2.53. The van der Waals surface area contributed by atoms with Crippen molar-refractivity contribution in [3.63, 3.8) is 0 Å². The molecule has 18 heteroatoms. The first-order valence-corrected chi connectivity index (χ1v) is 24.9. The molecular formula is C56H61N7O11. The van der Waals surface area contributed by atoms with E-state index in [1.54, 1.807) is 55.3 Å². The summed E-state index contributed by atoms with van der Waals surface area (Å²) in [6, 6.07) is 26.0. The highest BCUT2D eigenvalue weighted by Crippen LogP contribution is 2.45. The summed E-state index contributed by atoms with van der Waals surface area (Å²) in [7, 11) is 3.03. The number of nitrogens with one attached hydrogen (secondary N) is 4. The van der Waals surface area contributed by atoms with Gasteiger partial charge in [0.25, 0.3) is 5.91 Å². The van der Waals surface area contributed by atoms with E-state index in [1.807, 2.05) is 59.5 Å². The first kappa shape index (κ1) is 50.8. The molecule has 1 unspecified atom stereocenters. The zero-order valence-corrected chi connectivity index (χ0v) is 42.0. The monoisotopic (exact) mass is 1010 g/mol. The first-order chi connectivity index (χ1) is 35.7. The van der Waals surface area contributed by atoms with E-state index in [-0.39, 0.29) is 50.0 Å². The van der Waals surface area contributed by atoms with E-state index >= 15 is 0 Å². The Labute approximate surface area is 429 Å². The second kappa shape index (κ2) is 21.9. The van der Waals surface area contributed by atoms with Crippen molar-refractivity contribution in [3.8, 4) is 23.0 Å². The van der Waals surface area contributed by atoms with Crippen LogP contribution in [-0.4, -0.2) is 91.0 Å². The molecule has 5 aromatic carbocycles. The quantitative estimate of drug-likeness (QED) is 0.0450. The third kappa shape index (κ3) is 10.8. The minimum atomic E-state index is -1.04. The van der Waals surface area contributed by atoms with Crippen LogP contribution in [0, 0.1) is 5.92 Å². The van der Waals surface area contributed by atoms with Gasteiger partial charge < -0.3 is 55.3 Å². The van der Waals surface area contributed by atoms with Crippen molar-refractivity contribution in [2.45, 2.75) is 103 Å². The van der Waals surface area contributed by atoms with Crippen LogP contribution in [0.1, 0.15) is 90.9 Å². The van der Waals surface area contributed by atoms with E-state index in [1.165, 1.54) is 26.7 Å². The van der Waals surface area contributed by atoms with Crippen molar-refractivity contribution in [2.75, 3.05) is 41.2 Å². The van der Waals surface area contributed by atoms with E-state index in [0.717, 1.165) is 23.4 Å². The number of fused-ring (bicyclic) bond motifs is 8. The number of ether oxygens (including phenoxy) is 4. The summed E-state index contributed by atoms with van der Waals surface area (Å²) in [5.41, 5.74) is 7.86. The Hall–Kier alpha value is -8.12. The van der Waals surface area contributed by atoms with Gasteiger partial charge in [0, 0.05) is 72.5 Å². The lowest BCUT2D eigenvalue weighted by atomic mass is 10.0. The van der Waals surface area contributed by atoms with Crippen LogP contribution in [-0.2, 0) is 45.2 Å². The zero-order chi connectivity index (χ0) is 52.2. The van der Waals surface area contributed by atoms with Crippen molar-refractivity contribution in [3.05, 3.63) is 124 Å². The Morgan fingerprint density at radius 1 is 0.770 bits per heavy atom. The summed E-state index contributed by atoms with van der Waals surface area (Å²) in [6.07, 6.45) is 2.96. The number of anilines is 4. The average molecular weight is 1010 g/mol. The zero-order valence-electron chi connectivity index (χ0n) is 42.0. The number of carbonyl (C=O) groups excluding carboxylic acids is 4. The largest absolute Gasteiger partial charge is 0.493 e. The normalized spacial score (nSPS) is 17.7. The van der Waals surface area contributed by atoms with E-state index in [0.29, 0.717) is 88.1 Å². The van der Waals surface area contributed by atoms with Crippen molar-refractivity contribution < 1.29 is 53.1 Å². The van der Waals surface area contributed by atoms with E-state index in [9.17, 15) is 29.1 Å². The lowest BCUT2D eigenvalue weighted by Gasteiger charge is -2.30. The molecule has 4 heterocycles. The standard InChI is InChI=1S/C56H61N7O11/c1-31(2)52(61-50(64)16-10-11-17-51(65)66)54(68)59-32(3)53(67)60-37-19-33(29-73-48-25-42-40(23-46(48)71-4)55(69)62-38(27-57-42)21-35-12-6-8-14-44(35)62)18-34(20-37)30-74-49-26-43-41(24-47(49)72-5)56(70)63-39(28-58-43)22-36-13-7-9-15-45(36)63/h6-9,12-15,18-20,23-27,31-32,38-39,52,56,58,70H,10-11,16-17,21-22,28-30H2,1-5H3,(H,59,68)(H,60,67)(H,61,64)(H,65,66)/t32-,38-,39-,52-,56?/m0/s1. The topological polar surface area (TPSA) is 230 Å². The highest BCUT2D eigenvalue weighted by Gasteiger charge is 2.39. The number of carboxylic acids is 1. The van der Waals surface area contributed by atoms with Crippen LogP contribution < -0.4 is 50.0 Å².